The summed E-state index contributed by atoms with van der Waals surface area (Å²) in [6.07, 6.45) is -1.12. The molecule has 0 aromatic heterocycles. The van der Waals surface area contributed by atoms with E-state index in [2.05, 4.69) is 0 Å². The SMILES string of the molecule is COc1ccc(C([O])c2cccc(OC)c2OC)cc1OC. The van der Waals surface area contributed by atoms with Crippen LogP contribution in [0.4, 0.5) is 0 Å². The number of ether oxygens (including phenoxy) is 4. The van der Waals surface area contributed by atoms with Gasteiger partial charge in [0.25, 0.3) is 0 Å². The van der Waals surface area contributed by atoms with Crippen molar-refractivity contribution in [2.24, 2.45) is 0 Å². The van der Waals surface area contributed by atoms with E-state index in [0.29, 0.717) is 34.1 Å². The number of hydrogen-bond acceptors (Lipinski definition) is 4. The summed E-state index contributed by atoms with van der Waals surface area (Å²) in [5, 5.41) is 12.8. The van der Waals surface area contributed by atoms with Gasteiger partial charge in [0.05, 0.1) is 28.4 Å². The Bertz CT molecular complexity index is 639. The van der Waals surface area contributed by atoms with Crippen LogP contribution in [0.15, 0.2) is 36.4 Å². The first-order valence-electron chi connectivity index (χ1n) is 6.74. The van der Waals surface area contributed by atoms with Crippen molar-refractivity contribution < 1.29 is 24.1 Å². The van der Waals surface area contributed by atoms with Crippen molar-refractivity contribution in [3.63, 3.8) is 0 Å². The van der Waals surface area contributed by atoms with Crippen molar-refractivity contribution in [3.05, 3.63) is 47.5 Å². The third-order valence-corrected chi connectivity index (χ3v) is 3.43. The summed E-state index contributed by atoms with van der Waals surface area (Å²) in [5.74, 6) is 2.07. The summed E-state index contributed by atoms with van der Waals surface area (Å²) in [6, 6.07) is 10.4. The zero-order valence-electron chi connectivity index (χ0n) is 13.1. The van der Waals surface area contributed by atoms with Crippen LogP contribution in [0.5, 0.6) is 23.0 Å². The maximum atomic E-state index is 12.8. The second-order valence-corrected chi connectivity index (χ2v) is 4.58. The van der Waals surface area contributed by atoms with Gasteiger partial charge in [-0.25, -0.2) is 5.11 Å². The Morgan fingerprint density at radius 2 is 1.45 bits per heavy atom. The molecule has 117 valence electrons. The number of hydrogen-bond donors (Lipinski definition) is 0. The van der Waals surface area contributed by atoms with Crippen molar-refractivity contribution in [2.45, 2.75) is 6.10 Å². The zero-order chi connectivity index (χ0) is 16.1. The molecule has 1 radical (unpaired) electrons. The predicted octanol–water partition coefficient (Wildman–Crippen LogP) is 3.24. The number of para-hydroxylation sites is 1. The van der Waals surface area contributed by atoms with Gasteiger partial charge >= 0.3 is 0 Å². The molecule has 0 heterocycles. The summed E-state index contributed by atoms with van der Waals surface area (Å²) in [7, 11) is 6.14. The lowest BCUT2D eigenvalue weighted by Crippen LogP contribution is -2.03. The lowest BCUT2D eigenvalue weighted by Gasteiger charge is -2.17. The van der Waals surface area contributed by atoms with E-state index in [1.54, 1.807) is 43.5 Å². The third-order valence-electron chi connectivity index (χ3n) is 3.43. The van der Waals surface area contributed by atoms with Gasteiger partial charge in [0.15, 0.2) is 23.0 Å². The van der Waals surface area contributed by atoms with Gasteiger partial charge in [-0.1, -0.05) is 18.2 Å². The van der Waals surface area contributed by atoms with E-state index >= 15 is 0 Å². The van der Waals surface area contributed by atoms with Gasteiger partial charge in [-0.2, -0.15) is 0 Å². The van der Waals surface area contributed by atoms with Gasteiger partial charge in [0.2, 0.25) is 0 Å². The fraction of sp³-hybridized carbons (Fsp3) is 0.294. The molecule has 0 amide bonds. The van der Waals surface area contributed by atoms with Crippen LogP contribution in [-0.2, 0) is 5.11 Å². The Labute approximate surface area is 130 Å². The Kier molecular flexibility index (Phi) is 5.12. The summed E-state index contributed by atoms with van der Waals surface area (Å²) in [4.78, 5) is 0. The average molecular weight is 303 g/mol. The molecule has 2 aromatic carbocycles. The highest BCUT2D eigenvalue weighted by molar-refractivity contribution is 5.52. The molecule has 0 spiro atoms. The van der Waals surface area contributed by atoms with Crippen LogP contribution in [0.2, 0.25) is 0 Å². The van der Waals surface area contributed by atoms with Gasteiger partial charge in [-0.15, -0.1) is 0 Å². The van der Waals surface area contributed by atoms with Crippen LogP contribution in [0.25, 0.3) is 0 Å². The van der Waals surface area contributed by atoms with Crippen molar-refractivity contribution >= 4 is 0 Å². The van der Waals surface area contributed by atoms with Gasteiger partial charge in [0, 0.05) is 5.56 Å². The van der Waals surface area contributed by atoms with Crippen LogP contribution in [-0.4, -0.2) is 28.4 Å². The van der Waals surface area contributed by atoms with E-state index in [0.717, 1.165) is 0 Å². The topological polar surface area (TPSA) is 56.8 Å². The van der Waals surface area contributed by atoms with E-state index in [1.807, 2.05) is 0 Å². The molecule has 0 aliphatic rings. The molecule has 0 fully saturated rings. The molecule has 5 nitrogen and oxygen atoms in total. The summed E-state index contributed by atoms with van der Waals surface area (Å²) >= 11 is 0. The first kappa shape index (κ1) is 16.0. The van der Waals surface area contributed by atoms with E-state index in [9.17, 15) is 5.11 Å². The van der Waals surface area contributed by atoms with Gasteiger partial charge in [0.1, 0.15) is 6.10 Å². The molecule has 1 atom stereocenters. The fourth-order valence-corrected chi connectivity index (χ4v) is 2.31. The normalized spacial score (nSPS) is 11.7. The molecule has 0 bridgehead atoms. The second-order valence-electron chi connectivity index (χ2n) is 4.58. The average Bonchev–Trinajstić information content (AvgIpc) is 2.59. The second kappa shape index (κ2) is 7.04. The fourth-order valence-electron chi connectivity index (χ4n) is 2.31. The van der Waals surface area contributed by atoms with E-state index in [-0.39, 0.29) is 0 Å². The Balaban J connectivity index is 2.46. The highest BCUT2D eigenvalue weighted by Crippen LogP contribution is 2.39. The third kappa shape index (κ3) is 2.94. The minimum absolute atomic E-state index is 0.444. The Hall–Kier alpha value is -2.40. The van der Waals surface area contributed by atoms with E-state index in [4.69, 9.17) is 18.9 Å². The molecule has 0 saturated carbocycles. The van der Waals surface area contributed by atoms with Gasteiger partial charge in [-0.3, -0.25) is 0 Å². The molecular weight excluding hydrogens is 284 g/mol. The van der Waals surface area contributed by atoms with Crippen LogP contribution < -0.4 is 18.9 Å². The number of rotatable bonds is 6. The van der Waals surface area contributed by atoms with Gasteiger partial charge in [-0.05, 0) is 23.8 Å². The first-order valence-corrected chi connectivity index (χ1v) is 6.74. The number of methoxy groups -OCH3 is 4. The first-order chi connectivity index (χ1) is 10.7. The summed E-state index contributed by atoms with van der Waals surface area (Å²) < 4.78 is 21.0. The number of benzene rings is 2. The predicted molar refractivity (Wildman–Crippen MR) is 81.6 cm³/mol. The molecule has 5 heteroatoms. The molecule has 0 aliphatic carbocycles. The largest absolute Gasteiger partial charge is 0.493 e. The molecule has 0 aliphatic heterocycles. The quantitative estimate of drug-likeness (QED) is 0.822. The molecule has 2 aromatic rings. The minimum atomic E-state index is -1.12. The Morgan fingerprint density at radius 3 is 2.05 bits per heavy atom. The standard InChI is InChI=1S/C17H19O5/c1-19-13-9-8-11(10-15(13)21-3)16(18)12-6-5-7-14(20-2)17(12)22-4/h5-10,16H,1-4H3. The van der Waals surface area contributed by atoms with Gasteiger partial charge < -0.3 is 18.9 Å². The van der Waals surface area contributed by atoms with Crippen LogP contribution in [0, 0.1) is 0 Å². The zero-order valence-corrected chi connectivity index (χ0v) is 13.1. The molecule has 0 N–H and O–H groups in total. The molecule has 1 unspecified atom stereocenters. The minimum Gasteiger partial charge on any atom is -0.493 e. The van der Waals surface area contributed by atoms with Crippen LogP contribution in [0.3, 0.4) is 0 Å². The van der Waals surface area contributed by atoms with Crippen molar-refractivity contribution in [1.82, 2.24) is 0 Å². The summed E-state index contributed by atoms with van der Waals surface area (Å²) in [6.45, 7) is 0. The van der Waals surface area contributed by atoms with Crippen LogP contribution >= 0.6 is 0 Å². The molecule has 2 rings (SSSR count). The lowest BCUT2D eigenvalue weighted by molar-refractivity contribution is 0.121. The highest BCUT2D eigenvalue weighted by Gasteiger charge is 2.21. The van der Waals surface area contributed by atoms with Crippen molar-refractivity contribution in [1.29, 1.82) is 0 Å². The lowest BCUT2D eigenvalue weighted by atomic mass is 9.99. The van der Waals surface area contributed by atoms with Crippen LogP contribution in [0.1, 0.15) is 17.2 Å². The molecule has 0 saturated heterocycles. The molecule has 22 heavy (non-hydrogen) atoms. The maximum Gasteiger partial charge on any atom is 0.166 e. The maximum absolute atomic E-state index is 12.8. The van der Waals surface area contributed by atoms with Crippen molar-refractivity contribution in [2.75, 3.05) is 28.4 Å². The molecular formula is C17H19O5. The highest BCUT2D eigenvalue weighted by atomic mass is 16.5. The van der Waals surface area contributed by atoms with Crippen molar-refractivity contribution in [3.8, 4) is 23.0 Å². The smallest absolute Gasteiger partial charge is 0.166 e. The summed E-state index contributed by atoms with van der Waals surface area (Å²) in [5.41, 5.74) is 1.07. The van der Waals surface area contributed by atoms with E-state index < -0.39 is 6.10 Å². The monoisotopic (exact) mass is 303 g/mol. The van der Waals surface area contributed by atoms with E-state index in [1.165, 1.54) is 21.3 Å². The Morgan fingerprint density at radius 1 is 0.773 bits per heavy atom.